The van der Waals surface area contributed by atoms with Gasteiger partial charge < -0.3 is 0 Å². The molecule has 3 atom stereocenters. The summed E-state index contributed by atoms with van der Waals surface area (Å²) in [6.45, 7) is 0. The normalized spacial score (nSPS) is 22.9. The number of fused-ring (bicyclic) bond motifs is 1. The number of amides is 2. The molecule has 2 aliphatic rings. The maximum atomic E-state index is 13.2. The van der Waals surface area contributed by atoms with Gasteiger partial charge in [-0.3, -0.25) is 19.2 Å². The summed E-state index contributed by atoms with van der Waals surface area (Å²) < 4.78 is 0. The van der Waals surface area contributed by atoms with Crippen LogP contribution in [0.2, 0.25) is 0 Å². The van der Waals surface area contributed by atoms with Crippen LogP contribution in [0.15, 0.2) is 84.9 Å². The van der Waals surface area contributed by atoms with Gasteiger partial charge in [-0.2, -0.15) is 5.06 Å². The number of benzene rings is 3. The van der Waals surface area contributed by atoms with Crippen molar-refractivity contribution >= 4 is 23.3 Å². The Kier molecular flexibility index (Phi) is 5.17. The van der Waals surface area contributed by atoms with Crippen LogP contribution in [0.5, 0.6) is 0 Å². The van der Waals surface area contributed by atoms with Gasteiger partial charge in [-0.05, 0) is 23.3 Å². The number of Topliss-reactive ketones (excluding diaryl/α,β-unsaturated/α-hetero) is 1. The number of carbonyl (C=O) groups is 3. The van der Waals surface area contributed by atoms with Gasteiger partial charge in [-0.25, -0.2) is 4.90 Å². The minimum atomic E-state index is -0.897. The second kappa shape index (κ2) is 8.15. The van der Waals surface area contributed by atoms with Crippen LogP contribution in [0.4, 0.5) is 5.69 Å². The monoisotopic (exact) mass is 426 g/mol. The smallest absolute Gasteiger partial charge is 0.265 e. The van der Waals surface area contributed by atoms with E-state index in [-0.39, 0.29) is 24.0 Å². The third-order valence-corrected chi connectivity index (χ3v) is 6.18. The maximum absolute atomic E-state index is 13.2. The number of hydrogen-bond acceptors (Lipinski definition) is 5. The van der Waals surface area contributed by atoms with Crippen LogP contribution in [0.1, 0.15) is 16.8 Å². The number of anilines is 1. The Hall–Kier alpha value is -3.61. The molecule has 6 nitrogen and oxygen atoms in total. The van der Waals surface area contributed by atoms with E-state index in [2.05, 4.69) is 0 Å². The van der Waals surface area contributed by atoms with Crippen molar-refractivity contribution < 1.29 is 19.2 Å². The largest absolute Gasteiger partial charge is 0.294 e. The molecule has 6 heteroatoms. The van der Waals surface area contributed by atoms with Gasteiger partial charge in [0.05, 0.1) is 17.6 Å². The fraction of sp³-hybridized carbons (Fsp3) is 0.192. The summed E-state index contributed by atoms with van der Waals surface area (Å²) in [5, 5.41) is 1.49. The summed E-state index contributed by atoms with van der Waals surface area (Å²) in [7, 11) is 1.67. The van der Waals surface area contributed by atoms with Gasteiger partial charge in [0, 0.05) is 19.0 Å². The zero-order valence-corrected chi connectivity index (χ0v) is 17.5. The van der Waals surface area contributed by atoms with Crippen molar-refractivity contribution in [3.05, 3.63) is 90.5 Å². The Morgan fingerprint density at radius 3 is 2.06 bits per heavy atom. The molecular formula is C26H22N2O4. The summed E-state index contributed by atoms with van der Waals surface area (Å²) in [4.78, 5) is 46.0. The van der Waals surface area contributed by atoms with Crippen molar-refractivity contribution in [2.24, 2.45) is 5.92 Å². The second-order valence-electron chi connectivity index (χ2n) is 8.08. The average molecular weight is 426 g/mol. The Morgan fingerprint density at radius 1 is 0.812 bits per heavy atom. The first-order valence-corrected chi connectivity index (χ1v) is 10.6. The van der Waals surface area contributed by atoms with Gasteiger partial charge in [0.25, 0.3) is 5.91 Å². The molecule has 0 spiro atoms. The van der Waals surface area contributed by atoms with Gasteiger partial charge in [-0.1, -0.05) is 72.8 Å². The predicted octanol–water partition coefficient (Wildman–Crippen LogP) is 3.73. The predicted molar refractivity (Wildman–Crippen MR) is 120 cm³/mol. The first kappa shape index (κ1) is 20.3. The van der Waals surface area contributed by atoms with Gasteiger partial charge in [-0.15, -0.1) is 0 Å². The molecule has 32 heavy (non-hydrogen) atoms. The van der Waals surface area contributed by atoms with E-state index in [1.54, 1.807) is 43.4 Å². The highest BCUT2D eigenvalue weighted by atomic mass is 16.7. The lowest BCUT2D eigenvalue weighted by Crippen LogP contribution is -2.40. The molecule has 0 unspecified atom stereocenters. The van der Waals surface area contributed by atoms with E-state index >= 15 is 0 Å². The van der Waals surface area contributed by atoms with Crippen LogP contribution in [0, 0.1) is 5.92 Å². The average Bonchev–Trinajstić information content (AvgIpc) is 3.28. The molecule has 0 aliphatic carbocycles. The molecule has 2 heterocycles. The third kappa shape index (κ3) is 3.43. The molecule has 0 bridgehead atoms. The molecule has 2 aliphatic heterocycles. The third-order valence-electron chi connectivity index (χ3n) is 6.18. The Bertz CT molecular complexity index is 1160. The summed E-state index contributed by atoms with van der Waals surface area (Å²) in [5.41, 5.74) is 3.19. The molecular weight excluding hydrogens is 404 g/mol. The number of carbonyl (C=O) groups excluding carboxylic acids is 3. The topological polar surface area (TPSA) is 66.9 Å². The van der Waals surface area contributed by atoms with Crippen LogP contribution in [-0.2, 0) is 14.4 Å². The number of nitrogens with zero attached hydrogens (tertiary/aromatic N) is 2. The van der Waals surface area contributed by atoms with Crippen molar-refractivity contribution in [3.8, 4) is 11.1 Å². The number of ketones is 1. The highest BCUT2D eigenvalue weighted by Gasteiger charge is 2.59. The van der Waals surface area contributed by atoms with Crippen LogP contribution >= 0.6 is 0 Å². The van der Waals surface area contributed by atoms with Gasteiger partial charge >= 0.3 is 0 Å². The maximum Gasteiger partial charge on any atom is 0.265 e. The fourth-order valence-corrected chi connectivity index (χ4v) is 4.50. The first-order valence-electron chi connectivity index (χ1n) is 10.6. The Balaban J connectivity index is 1.34. The van der Waals surface area contributed by atoms with E-state index in [0.717, 1.165) is 11.1 Å². The highest BCUT2D eigenvalue weighted by Crippen LogP contribution is 2.39. The van der Waals surface area contributed by atoms with E-state index in [9.17, 15) is 14.4 Å². The molecule has 2 fully saturated rings. The van der Waals surface area contributed by atoms with Gasteiger partial charge in [0.2, 0.25) is 5.91 Å². The van der Waals surface area contributed by atoms with Crippen molar-refractivity contribution in [1.82, 2.24) is 5.06 Å². The van der Waals surface area contributed by atoms with Crippen molar-refractivity contribution in [3.63, 3.8) is 0 Å². The van der Waals surface area contributed by atoms with E-state index in [4.69, 9.17) is 4.84 Å². The molecule has 5 rings (SSSR count). The summed E-state index contributed by atoms with van der Waals surface area (Å²) in [6, 6.07) is 25.7. The zero-order chi connectivity index (χ0) is 22.2. The molecule has 0 radical (unpaired) electrons. The minimum absolute atomic E-state index is 0.0873. The number of para-hydroxylation sites is 1. The van der Waals surface area contributed by atoms with Crippen molar-refractivity contribution in [2.75, 3.05) is 11.9 Å². The molecule has 0 saturated carbocycles. The van der Waals surface area contributed by atoms with Crippen LogP contribution < -0.4 is 4.90 Å². The van der Waals surface area contributed by atoms with Crippen molar-refractivity contribution in [2.45, 2.75) is 18.6 Å². The van der Waals surface area contributed by atoms with E-state index < -0.39 is 18.1 Å². The minimum Gasteiger partial charge on any atom is -0.294 e. The Labute approximate surface area is 186 Å². The van der Waals surface area contributed by atoms with E-state index in [1.807, 2.05) is 48.5 Å². The molecule has 3 aromatic carbocycles. The lowest BCUT2D eigenvalue weighted by atomic mass is 9.91. The highest BCUT2D eigenvalue weighted by molar-refractivity contribution is 6.23. The SMILES string of the molecule is CN1O[C@H]2C(=O)N(c3ccccc3)C(=O)[C@H]2[C@H]1CC(=O)c1ccc(-c2ccccc2)cc1. The second-order valence-corrected chi connectivity index (χ2v) is 8.08. The van der Waals surface area contributed by atoms with Crippen LogP contribution in [-0.4, -0.2) is 41.9 Å². The van der Waals surface area contributed by atoms with E-state index in [0.29, 0.717) is 11.3 Å². The molecule has 2 amide bonds. The standard InChI is InChI=1S/C26H22N2O4/c1-27-21(16-22(29)19-14-12-18(13-15-19)17-8-4-2-5-9-17)23-24(32-27)26(31)28(25(23)30)20-10-6-3-7-11-20/h2-15,21,23-24H,16H2,1H3/t21-,23+,24-/m1/s1. The fourth-order valence-electron chi connectivity index (χ4n) is 4.50. The van der Waals surface area contributed by atoms with Gasteiger partial charge in [0.1, 0.15) is 0 Å². The first-order chi connectivity index (χ1) is 15.5. The van der Waals surface area contributed by atoms with E-state index in [1.165, 1.54) is 9.96 Å². The van der Waals surface area contributed by atoms with Crippen LogP contribution in [0.25, 0.3) is 11.1 Å². The number of hydrogen-bond donors (Lipinski definition) is 0. The van der Waals surface area contributed by atoms with Gasteiger partial charge in [0.15, 0.2) is 11.9 Å². The molecule has 0 N–H and O–H groups in total. The summed E-state index contributed by atoms with van der Waals surface area (Å²) in [5.74, 6) is -1.52. The quantitative estimate of drug-likeness (QED) is 0.459. The molecule has 3 aromatic rings. The Morgan fingerprint density at radius 2 is 1.41 bits per heavy atom. The number of rotatable bonds is 5. The lowest BCUT2D eigenvalue weighted by Gasteiger charge is -2.23. The lowest BCUT2D eigenvalue weighted by molar-refractivity contribution is -0.159. The summed E-state index contributed by atoms with van der Waals surface area (Å²) >= 11 is 0. The zero-order valence-electron chi connectivity index (χ0n) is 17.5. The summed E-state index contributed by atoms with van der Waals surface area (Å²) in [6.07, 6.45) is -0.810. The van der Waals surface area contributed by atoms with Crippen LogP contribution in [0.3, 0.4) is 0 Å². The molecule has 160 valence electrons. The molecule has 2 saturated heterocycles. The number of hydroxylamine groups is 2. The van der Waals surface area contributed by atoms with Crippen molar-refractivity contribution in [1.29, 1.82) is 0 Å². The molecule has 0 aromatic heterocycles. The number of imide groups is 1.